The van der Waals surface area contributed by atoms with Crippen LogP contribution in [-0.2, 0) is 17.8 Å². The van der Waals surface area contributed by atoms with Crippen molar-refractivity contribution >= 4 is 5.91 Å². The Hall–Kier alpha value is -1.55. The van der Waals surface area contributed by atoms with Crippen molar-refractivity contribution in [3.63, 3.8) is 0 Å². The lowest BCUT2D eigenvalue weighted by atomic mass is 9.79. The number of carbonyl (C=O) groups excluding carboxylic acids is 1. The van der Waals surface area contributed by atoms with Crippen LogP contribution in [0.15, 0.2) is 18.2 Å². The fourth-order valence-corrected chi connectivity index (χ4v) is 3.56. The summed E-state index contributed by atoms with van der Waals surface area (Å²) in [7, 11) is 0. The zero-order chi connectivity index (χ0) is 16.4. The maximum absolute atomic E-state index is 12.7. The molecule has 0 aromatic heterocycles. The number of phenolic OH excluding ortho intramolecular Hbond substituents is 1. The Morgan fingerprint density at radius 1 is 1.35 bits per heavy atom. The zero-order valence-corrected chi connectivity index (χ0v) is 14.1. The molecule has 1 heterocycles. The molecule has 1 saturated carbocycles. The molecule has 23 heavy (non-hydrogen) atoms. The molecule has 3 rings (SSSR count). The van der Waals surface area contributed by atoms with E-state index in [0.29, 0.717) is 18.9 Å². The third kappa shape index (κ3) is 3.86. The first-order valence-corrected chi connectivity index (χ1v) is 8.87. The van der Waals surface area contributed by atoms with Gasteiger partial charge in [0.25, 0.3) is 0 Å². The Bertz CT molecular complexity index is 566. The normalized spacial score (nSPS) is 22.3. The Kier molecular flexibility index (Phi) is 4.90. The molecule has 0 spiro atoms. The van der Waals surface area contributed by atoms with Crippen LogP contribution in [0.5, 0.6) is 5.75 Å². The molecule has 1 aromatic rings. The number of benzene rings is 1. The highest BCUT2D eigenvalue weighted by molar-refractivity contribution is 5.82. The van der Waals surface area contributed by atoms with Crippen LogP contribution in [0.1, 0.15) is 50.7 Å². The summed E-state index contributed by atoms with van der Waals surface area (Å²) in [6, 6.07) is 5.52. The lowest BCUT2D eigenvalue weighted by molar-refractivity contribution is -0.124. The van der Waals surface area contributed by atoms with Crippen molar-refractivity contribution in [3.8, 4) is 5.75 Å². The van der Waals surface area contributed by atoms with Crippen LogP contribution in [0.2, 0.25) is 0 Å². The molecule has 1 aromatic carbocycles. The lowest BCUT2D eigenvalue weighted by Gasteiger charge is -2.33. The fraction of sp³-hybridized carbons (Fsp3) is 0.632. The molecule has 126 valence electrons. The van der Waals surface area contributed by atoms with Gasteiger partial charge in [0.15, 0.2) is 0 Å². The maximum atomic E-state index is 12.7. The molecular formula is C19H28N2O2. The number of hydrogen-bond donors (Lipinski definition) is 3. The van der Waals surface area contributed by atoms with Gasteiger partial charge < -0.3 is 15.7 Å². The Labute approximate surface area is 138 Å². The summed E-state index contributed by atoms with van der Waals surface area (Å²) in [5.41, 5.74) is 2.24. The zero-order valence-electron chi connectivity index (χ0n) is 14.1. The van der Waals surface area contributed by atoms with Gasteiger partial charge in [-0.25, -0.2) is 0 Å². The van der Waals surface area contributed by atoms with Crippen LogP contribution in [0.25, 0.3) is 0 Å². The van der Waals surface area contributed by atoms with Gasteiger partial charge in [0.05, 0.1) is 6.04 Å². The minimum Gasteiger partial charge on any atom is -0.508 e. The van der Waals surface area contributed by atoms with Crippen molar-refractivity contribution in [3.05, 3.63) is 29.3 Å². The third-order valence-corrected chi connectivity index (χ3v) is 5.41. The van der Waals surface area contributed by atoms with Gasteiger partial charge in [0.1, 0.15) is 5.75 Å². The highest BCUT2D eigenvalue weighted by atomic mass is 16.3. The van der Waals surface area contributed by atoms with Gasteiger partial charge in [-0.05, 0) is 47.9 Å². The van der Waals surface area contributed by atoms with Crippen molar-refractivity contribution in [2.75, 3.05) is 0 Å². The van der Waals surface area contributed by atoms with Crippen molar-refractivity contribution in [2.45, 2.75) is 64.6 Å². The summed E-state index contributed by atoms with van der Waals surface area (Å²) >= 11 is 0. The summed E-state index contributed by atoms with van der Waals surface area (Å²) in [4.78, 5) is 12.7. The molecule has 1 amide bonds. The van der Waals surface area contributed by atoms with Gasteiger partial charge in [-0.2, -0.15) is 0 Å². The number of amides is 1. The van der Waals surface area contributed by atoms with Crippen molar-refractivity contribution < 1.29 is 9.90 Å². The first-order chi connectivity index (χ1) is 11.0. The monoisotopic (exact) mass is 316 g/mol. The molecule has 0 saturated heterocycles. The highest BCUT2D eigenvalue weighted by Gasteiger charge is 2.29. The molecule has 1 fully saturated rings. The molecule has 2 aliphatic rings. The average molecular weight is 316 g/mol. The predicted octanol–water partition coefficient (Wildman–Crippen LogP) is 2.74. The third-order valence-electron chi connectivity index (χ3n) is 5.41. The topological polar surface area (TPSA) is 61.4 Å². The standard InChI is InChI=1S/C19H28N2O2/c1-12(2)17(8-13-4-3-5-13)21-19(23)18-10-14-6-7-16(22)9-15(14)11-20-18/h6-7,9,12-13,17-18,20,22H,3-5,8,10-11H2,1-2H3,(H,21,23)/t17-,18?/m1/s1. The van der Waals surface area contributed by atoms with Crippen LogP contribution < -0.4 is 10.6 Å². The van der Waals surface area contributed by atoms with E-state index in [9.17, 15) is 9.90 Å². The van der Waals surface area contributed by atoms with E-state index in [1.54, 1.807) is 12.1 Å². The van der Waals surface area contributed by atoms with Gasteiger partial charge in [0, 0.05) is 12.6 Å². The number of hydrogen-bond acceptors (Lipinski definition) is 3. The minimum atomic E-state index is -0.172. The molecule has 4 heteroatoms. The molecule has 4 nitrogen and oxygen atoms in total. The number of carbonyl (C=O) groups is 1. The van der Waals surface area contributed by atoms with Crippen molar-refractivity contribution in [1.29, 1.82) is 0 Å². The first kappa shape index (κ1) is 16.3. The van der Waals surface area contributed by atoms with E-state index in [2.05, 4.69) is 24.5 Å². The van der Waals surface area contributed by atoms with Crippen LogP contribution in [0, 0.1) is 11.8 Å². The second-order valence-corrected chi connectivity index (χ2v) is 7.48. The summed E-state index contributed by atoms with van der Waals surface area (Å²) < 4.78 is 0. The van der Waals surface area contributed by atoms with Crippen LogP contribution in [0.4, 0.5) is 0 Å². The fourth-order valence-electron chi connectivity index (χ4n) is 3.56. The Balaban J connectivity index is 1.60. The van der Waals surface area contributed by atoms with Gasteiger partial charge in [-0.1, -0.05) is 39.2 Å². The number of aromatic hydroxyl groups is 1. The average Bonchev–Trinajstić information content (AvgIpc) is 2.48. The smallest absolute Gasteiger partial charge is 0.237 e. The molecule has 0 bridgehead atoms. The highest BCUT2D eigenvalue weighted by Crippen LogP contribution is 2.32. The van der Waals surface area contributed by atoms with Gasteiger partial charge in [-0.3, -0.25) is 4.79 Å². The predicted molar refractivity (Wildman–Crippen MR) is 91.2 cm³/mol. The maximum Gasteiger partial charge on any atom is 0.237 e. The summed E-state index contributed by atoms with van der Waals surface area (Å²) in [6.07, 6.45) is 5.78. The molecule has 3 N–H and O–H groups in total. The van der Waals surface area contributed by atoms with E-state index in [1.807, 2.05) is 6.07 Å². The van der Waals surface area contributed by atoms with Gasteiger partial charge in [-0.15, -0.1) is 0 Å². The van der Waals surface area contributed by atoms with Crippen molar-refractivity contribution in [2.24, 2.45) is 11.8 Å². The Morgan fingerprint density at radius 3 is 2.78 bits per heavy atom. The summed E-state index contributed by atoms with van der Waals surface area (Å²) in [6.45, 7) is 5.02. The number of phenols is 1. The van der Waals surface area contributed by atoms with Crippen molar-refractivity contribution in [1.82, 2.24) is 10.6 Å². The van der Waals surface area contributed by atoms with E-state index in [4.69, 9.17) is 0 Å². The van der Waals surface area contributed by atoms with Gasteiger partial charge in [0.2, 0.25) is 5.91 Å². The van der Waals surface area contributed by atoms with Crippen LogP contribution in [0.3, 0.4) is 0 Å². The van der Waals surface area contributed by atoms with E-state index < -0.39 is 0 Å². The van der Waals surface area contributed by atoms with E-state index >= 15 is 0 Å². The summed E-state index contributed by atoms with van der Waals surface area (Å²) in [5.74, 6) is 1.66. The molecule has 1 unspecified atom stereocenters. The number of rotatable bonds is 5. The van der Waals surface area contributed by atoms with Crippen LogP contribution in [-0.4, -0.2) is 23.1 Å². The molecule has 0 radical (unpaired) electrons. The van der Waals surface area contributed by atoms with Gasteiger partial charge >= 0.3 is 0 Å². The largest absolute Gasteiger partial charge is 0.508 e. The Morgan fingerprint density at radius 2 is 2.13 bits per heavy atom. The molecule has 1 aliphatic carbocycles. The summed E-state index contributed by atoms with van der Waals surface area (Å²) in [5, 5.41) is 16.1. The SMILES string of the molecule is CC(C)[C@@H](CC1CCC1)NC(=O)C1Cc2ccc(O)cc2CN1. The minimum absolute atomic E-state index is 0.113. The lowest BCUT2D eigenvalue weighted by Crippen LogP contribution is -2.52. The molecule has 2 atom stereocenters. The second kappa shape index (κ2) is 6.91. The number of nitrogens with one attached hydrogen (secondary N) is 2. The molecule has 1 aliphatic heterocycles. The quantitative estimate of drug-likeness (QED) is 0.783. The van der Waals surface area contributed by atoms with E-state index in [1.165, 1.54) is 19.3 Å². The molecular weight excluding hydrogens is 288 g/mol. The number of fused-ring (bicyclic) bond motifs is 1. The second-order valence-electron chi connectivity index (χ2n) is 7.48. The van der Waals surface area contributed by atoms with E-state index in [-0.39, 0.29) is 23.7 Å². The first-order valence-electron chi connectivity index (χ1n) is 8.87. The van der Waals surface area contributed by atoms with E-state index in [0.717, 1.165) is 23.5 Å². The van der Waals surface area contributed by atoms with Crippen LogP contribution >= 0.6 is 0 Å².